The van der Waals surface area contributed by atoms with Crippen molar-refractivity contribution in [3.63, 3.8) is 0 Å². The van der Waals surface area contributed by atoms with Crippen LogP contribution in [-0.4, -0.2) is 30.0 Å². The van der Waals surface area contributed by atoms with Gasteiger partial charge in [-0.05, 0) is 19.8 Å². The fourth-order valence-electron chi connectivity index (χ4n) is 1.79. The molecule has 0 saturated carbocycles. The van der Waals surface area contributed by atoms with Crippen molar-refractivity contribution < 1.29 is 8.78 Å². The Morgan fingerprint density at radius 1 is 1.42 bits per heavy atom. The van der Waals surface area contributed by atoms with Gasteiger partial charge in [0.25, 0.3) is 5.92 Å². The fourth-order valence-corrected chi connectivity index (χ4v) is 1.79. The van der Waals surface area contributed by atoms with Crippen LogP contribution in [0.5, 0.6) is 0 Å². The highest BCUT2D eigenvalue weighted by Crippen LogP contribution is 2.30. The molecule has 0 aliphatic carbocycles. The zero-order valence-electron chi connectivity index (χ0n) is 7.98. The Morgan fingerprint density at radius 2 is 2.00 bits per heavy atom. The Morgan fingerprint density at radius 3 is 2.42 bits per heavy atom. The third-order valence-electron chi connectivity index (χ3n) is 2.36. The van der Waals surface area contributed by atoms with Crippen LogP contribution in [-0.2, 0) is 0 Å². The van der Waals surface area contributed by atoms with Gasteiger partial charge in [0.1, 0.15) is 0 Å². The van der Waals surface area contributed by atoms with Crippen molar-refractivity contribution in [1.82, 2.24) is 4.90 Å². The van der Waals surface area contributed by atoms with E-state index in [1.807, 2.05) is 25.7 Å². The monoisotopic (exact) mass is 177 g/mol. The van der Waals surface area contributed by atoms with Gasteiger partial charge in [-0.3, -0.25) is 4.90 Å². The lowest BCUT2D eigenvalue weighted by Gasteiger charge is -2.38. The molecule has 1 atom stereocenters. The molecule has 0 spiro atoms. The number of halogens is 2. The number of piperidine rings is 1. The summed E-state index contributed by atoms with van der Waals surface area (Å²) in [6, 6.07) is 0.235. The average molecular weight is 177 g/mol. The summed E-state index contributed by atoms with van der Waals surface area (Å²) in [4.78, 5) is 1.86. The second kappa shape index (κ2) is 3.29. The molecule has 1 aliphatic rings. The van der Waals surface area contributed by atoms with Crippen LogP contribution in [0.2, 0.25) is 0 Å². The summed E-state index contributed by atoms with van der Waals surface area (Å²) in [6.45, 7) is 6.58. The van der Waals surface area contributed by atoms with Crippen molar-refractivity contribution in [3.8, 4) is 0 Å². The van der Waals surface area contributed by atoms with Crippen molar-refractivity contribution in [2.75, 3.05) is 13.1 Å². The van der Waals surface area contributed by atoms with Gasteiger partial charge in [0.2, 0.25) is 0 Å². The van der Waals surface area contributed by atoms with E-state index in [-0.39, 0.29) is 24.9 Å². The zero-order chi connectivity index (χ0) is 9.35. The predicted molar refractivity (Wildman–Crippen MR) is 45.4 cm³/mol. The second-order valence-corrected chi connectivity index (χ2v) is 4.19. The summed E-state index contributed by atoms with van der Waals surface area (Å²) in [5, 5.41) is 0. The van der Waals surface area contributed by atoms with Crippen LogP contribution in [0, 0.1) is 5.92 Å². The highest BCUT2D eigenvalue weighted by atomic mass is 19.3. The molecule has 12 heavy (non-hydrogen) atoms. The molecule has 1 nitrogen and oxygen atoms in total. The lowest BCUT2D eigenvalue weighted by Crippen LogP contribution is -2.49. The topological polar surface area (TPSA) is 3.24 Å². The molecular formula is C9H17F2N. The van der Waals surface area contributed by atoms with Crippen molar-refractivity contribution >= 4 is 0 Å². The number of hydrogen-bond acceptors (Lipinski definition) is 1. The molecule has 0 bridgehead atoms. The SMILES string of the molecule is CC1CN(C(C)C)CC(F)(F)C1. The van der Waals surface area contributed by atoms with Crippen LogP contribution >= 0.6 is 0 Å². The van der Waals surface area contributed by atoms with Crippen molar-refractivity contribution in [2.24, 2.45) is 5.92 Å². The molecule has 1 fully saturated rings. The molecule has 0 amide bonds. The number of alkyl halides is 2. The molecule has 1 unspecified atom stereocenters. The molecule has 72 valence electrons. The molecule has 0 radical (unpaired) electrons. The minimum absolute atomic E-state index is 0.0518. The highest BCUT2D eigenvalue weighted by Gasteiger charge is 2.39. The molecule has 0 aromatic rings. The van der Waals surface area contributed by atoms with Crippen LogP contribution in [0.25, 0.3) is 0 Å². The summed E-state index contributed by atoms with van der Waals surface area (Å²) >= 11 is 0. The van der Waals surface area contributed by atoms with E-state index >= 15 is 0 Å². The molecule has 3 heteroatoms. The Balaban J connectivity index is 2.58. The fraction of sp³-hybridized carbons (Fsp3) is 1.00. The first-order valence-electron chi connectivity index (χ1n) is 4.52. The lowest BCUT2D eigenvalue weighted by atomic mass is 9.96. The van der Waals surface area contributed by atoms with E-state index in [9.17, 15) is 8.78 Å². The van der Waals surface area contributed by atoms with Crippen LogP contribution in [0.15, 0.2) is 0 Å². The first kappa shape index (κ1) is 9.90. The van der Waals surface area contributed by atoms with Gasteiger partial charge in [0, 0.05) is 19.0 Å². The predicted octanol–water partition coefficient (Wildman–Crippen LogP) is 2.37. The third-order valence-corrected chi connectivity index (χ3v) is 2.36. The highest BCUT2D eigenvalue weighted by molar-refractivity contribution is 4.83. The van der Waals surface area contributed by atoms with Crippen LogP contribution in [0.4, 0.5) is 8.78 Å². The summed E-state index contributed by atoms with van der Waals surface area (Å²) < 4.78 is 26.0. The van der Waals surface area contributed by atoms with Gasteiger partial charge in [0.15, 0.2) is 0 Å². The van der Waals surface area contributed by atoms with Gasteiger partial charge in [0.05, 0.1) is 6.54 Å². The number of likely N-dealkylation sites (tertiary alicyclic amines) is 1. The summed E-state index contributed by atoms with van der Waals surface area (Å²) in [6.07, 6.45) is 0.0518. The summed E-state index contributed by atoms with van der Waals surface area (Å²) in [5.74, 6) is -2.35. The first-order chi connectivity index (χ1) is 5.41. The number of rotatable bonds is 1. The van der Waals surface area contributed by atoms with E-state index in [0.717, 1.165) is 6.54 Å². The maximum Gasteiger partial charge on any atom is 0.260 e. The van der Waals surface area contributed by atoms with Crippen molar-refractivity contribution in [3.05, 3.63) is 0 Å². The van der Waals surface area contributed by atoms with E-state index < -0.39 is 5.92 Å². The van der Waals surface area contributed by atoms with E-state index in [0.29, 0.717) is 0 Å². The molecule has 1 rings (SSSR count). The minimum Gasteiger partial charge on any atom is -0.295 e. The van der Waals surface area contributed by atoms with E-state index in [1.165, 1.54) is 0 Å². The summed E-state index contributed by atoms with van der Waals surface area (Å²) in [5.41, 5.74) is 0. The van der Waals surface area contributed by atoms with E-state index in [1.54, 1.807) is 0 Å². The maximum atomic E-state index is 13.0. The van der Waals surface area contributed by atoms with E-state index in [2.05, 4.69) is 0 Å². The smallest absolute Gasteiger partial charge is 0.260 e. The maximum absolute atomic E-state index is 13.0. The molecule has 1 saturated heterocycles. The summed E-state index contributed by atoms with van der Waals surface area (Å²) in [7, 11) is 0. The Hall–Kier alpha value is -0.180. The number of nitrogens with zero attached hydrogens (tertiary/aromatic N) is 1. The van der Waals surface area contributed by atoms with Gasteiger partial charge < -0.3 is 0 Å². The van der Waals surface area contributed by atoms with Crippen LogP contribution in [0.1, 0.15) is 27.2 Å². The largest absolute Gasteiger partial charge is 0.295 e. The minimum atomic E-state index is -2.47. The lowest BCUT2D eigenvalue weighted by molar-refractivity contribution is -0.0889. The Kier molecular flexibility index (Phi) is 2.71. The van der Waals surface area contributed by atoms with E-state index in [4.69, 9.17) is 0 Å². The molecule has 1 aliphatic heterocycles. The van der Waals surface area contributed by atoms with Crippen molar-refractivity contribution in [2.45, 2.75) is 39.2 Å². The molecule has 1 heterocycles. The first-order valence-corrected chi connectivity index (χ1v) is 4.52. The molecule has 0 N–H and O–H groups in total. The van der Waals surface area contributed by atoms with Crippen LogP contribution < -0.4 is 0 Å². The zero-order valence-corrected chi connectivity index (χ0v) is 7.98. The Labute approximate surface area is 72.7 Å². The molecule has 0 aromatic heterocycles. The van der Waals surface area contributed by atoms with Crippen LogP contribution in [0.3, 0.4) is 0 Å². The molecule has 0 aromatic carbocycles. The quantitative estimate of drug-likeness (QED) is 0.594. The Bertz CT molecular complexity index is 157. The second-order valence-electron chi connectivity index (χ2n) is 4.19. The number of hydrogen-bond donors (Lipinski definition) is 0. The average Bonchev–Trinajstić information content (AvgIpc) is 1.82. The van der Waals surface area contributed by atoms with Crippen molar-refractivity contribution in [1.29, 1.82) is 0 Å². The van der Waals surface area contributed by atoms with Gasteiger partial charge in [-0.15, -0.1) is 0 Å². The van der Waals surface area contributed by atoms with Gasteiger partial charge in [-0.1, -0.05) is 6.92 Å². The van der Waals surface area contributed by atoms with Gasteiger partial charge in [-0.25, -0.2) is 8.78 Å². The van der Waals surface area contributed by atoms with Gasteiger partial charge >= 0.3 is 0 Å². The third kappa shape index (κ3) is 2.41. The standard InChI is InChI=1S/C9H17F2N/c1-7(2)12-5-8(3)4-9(10,11)6-12/h7-8H,4-6H2,1-3H3. The van der Waals surface area contributed by atoms with Gasteiger partial charge in [-0.2, -0.15) is 0 Å². The molecular weight excluding hydrogens is 160 g/mol. The normalized spacial score (nSPS) is 31.0.